The number of hydrogen-bond donors (Lipinski definition) is 2. The molecule has 6 heteroatoms. The van der Waals surface area contributed by atoms with Crippen LogP contribution in [0.15, 0.2) is 24.3 Å². The minimum Gasteiger partial charge on any atom is -0.348 e. The van der Waals surface area contributed by atoms with E-state index in [9.17, 15) is 4.79 Å². The van der Waals surface area contributed by atoms with Gasteiger partial charge in [-0.1, -0.05) is 30.5 Å². The largest absolute Gasteiger partial charge is 0.348 e. The Balaban J connectivity index is 1.69. The van der Waals surface area contributed by atoms with Crippen LogP contribution in [-0.2, 0) is 0 Å². The standard InChI is InChI=1S/C18H21ClN4O/c1-11-9-12(2)17(14(19)10-11)21-16-8-7-15(22-23-16)18(24)20-13-5-3-4-6-13/h7-10,13H,3-6H2,1-2H3,(H,20,24)(H,21,23). The number of amides is 1. The van der Waals surface area contributed by atoms with Crippen molar-refractivity contribution in [3.8, 4) is 0 Å². The summed E-state index contributed by atoms with van der Waals surface area (Å²) in [6.45, 7) is 3.98. The summed E-state index contributed by atoms with van der Waals surface area (Å²) >= 11 is 6.29. The summed E-state index contributed by atoms with van der Waals surface area (Å²) in [4.78, 5) is 12.2. The fourth-order valence-electron chi connectivity index (χ4n) is 3.05. The zero-order chi connectivity index (χ0) is 17.1. The van der Waals surface area contributed by atoms with E-state index in [-0.39, 0.29) is 11.9 Å². The second-order valence-corrected chi connectivity index (χ2v) is 6.73. The van der Waals surface area contributed by atoms with Crippen molar-refractivity contribution in [2.24, 2.45) is 0 Å². The van der Waals surface area contributed by atoms with E-state index in [1.807, 2.05) is 26.0 Å². The van der Waals surface area contributed by atoms with Gasteiger partial charge in [0.15, 0.2) is 11.5 Å². The van der Waals surface area contributed by atoms with Gasteiger partial charge < -0.3 is 10.6 Å². The van der Waals surface area contributed by atoms with E-state index in [1.165, 1.54) is 12.8 Å². The van der Waals surface area contributed by atoms with Gasteiger partial charge in [0.25, 0.3) is 5.91 Å². The van der Waals surface area contributed by atoms with Crippen molar-refractivity contribution < 1.29 is 4.79 Å². The van der Waals surface area contributed by atoms with Crippen LogP contribution in [0.25, 0.3) is 0 Å². The zero-order valence-corrected chi connectivity index (χ0v) is 14.7. The molecule has 1 aliphatic carbocycles. The van der Waals surface area contributed by atoms with Crippen LogP contribution >= 0.6 is 11.6 Å². The summed E-state index contributed by atoms with van der Waals surface area (Å²) in [5.41, 5.74) is 3.27. The zero-order valence-electron chi connectivity index (χ0n) is 13.9. The molecular formula is C18H21ClN4O. The molecule has 5 nitrogen and oxygen atoms in total. The van der Waals surface area contributed by atoms with Gasteiger partial charge in [-0.05, 0) is 56.0 Å². The Labute approximate surface area is 146 Å². The van der Waals surface area contributed by atoms with Gasteiger partial charge >= 0.3 is 0 Å². The van der Waals surface area contributed by atoms with E-state index in [1.54, 1.807) is 12.1 Å². The van der Waals surface area contributed by atoms with E-state index in [0.29, 0.717) is 16.5 Å². The third-order valence-corrected chi connectivity index (χ3v) is 4.57. The van der Waals surface area contributed by atoms with Crippen LogP contribution in [-0.4, -0.2) is 22.1 Å². The van der Waals surface area contributed by atoms with Crippen molar-refractivity contribution in [1.29, 1.82) is 0 Å². The predicted molar refractivity (Wildman–Crippen MR) is 96.0 cm³/mol. The van der Waals surface area contributed by atoms with Crippen molar-refractivity contribution in [3.63, 3.8) is 0 Å². The molecule has 0 aliphatic heterocycles. The maximum Gasteiger partial charge on any atom is 0.272 e. The smallest absolute Gasteiger partial charge is 0.272 e. The molecule has 1 aromatic heterocycles. The van der Waals surface area contributed by atoms with Gasteiger partial charge in [0.05, 0.1) is 10.7 Å². The second-order valence-electron chi connectivity index (χ2n) is 6.32. The second kappa shape index (κ2) is 7.18. The molecule has 24 heavy (non-hydrogen) atoms. The van der Waals surface area contributed by atoms with Crippen LogP contribution in [0.2, 0.25) is 5.02 Å². The Kier molecular flexibility index (Phi) is 5.00. The molecular weight excluding hydrogens is 324 g/mol. The number of nitrogens with one attached hydrogen (secondary N) is 2. The average Bonchev–Trinajstić information content (AvgIpc) is 3.04. The molecule has 0 unspecified atom stereocenters. The summed E-state index contributed by atoms with van der Waals surface area (Å²) < 4.78 is 0. The quantitative estimate of drug-likeness (QED) is 0.873. The minimum atomic E-state index is -0.162. The van der Waals surface area contributed by atoms with Crippen molar-refractivity contribution in [2.75, 3.05) is 5.32 Å². The summed E-state index contributed by atoms with van der Waals surface area (Å²) in [5.74, 6) is 0.395. The van der Waals surface area contributed by atoms with Gasteiger partial charge in [-0.2, -0.15) is 0 Å². The molecule has 1 aliphatic rings. The molecule has 0 saturated heterocycles. The molecule has 126 valence electrons. The molecule has 1 fully saturated rings. The SMILES string of the molecule is Cc1cc(C)c(Nc2ccc(C(=O)NC3CCCC3)nn2)c(Cl)c1. The van der Waals surface area contributed by atoms with Crippen molar-refractivity contribution >= 4 is 29.0 Å². The average molecular weight is 345 g/mol. The molecule has 1 aromatic carbocycles. The number of halogens is 1. The van der Waals surface area contributed by atoms with Crippen LogP contribution in [0.4, 0.5) is 11.5 Å². The first-order valence-corrected chi connectivity index (χ1v) is 8.59. The van der Waals surface area contributed by atoms with E-state index in [2.05, 4.69) is 20.8 Å². The predicted octanol–water partition coefficient (Wildman–Crippen LogP) is 4.16. The Morgan fingerprint density at radius 1 is 1.17 bits per heavy atom. The first kappa shape index (κ1) is 16.7. The van der Waals surface area contributed by atoms with Crippen molar-refractivity contribution in [1.82, 2.24) is 15.5 Å². The van der Waals surface area contributed by atoms with Crippen LogP contribution in [0.1, 0.15) is 47.3 Å². The summed E-state index contributed by atoms with van der Waals surface area (Å²) in [6.07, 6.45) is 4.44. The van der Waals surface area contributed by atoms with Crippen LogP contribution in [0.3, 0.4) is 0 Å². The molecule has 0 bridgehead atoms. The topological polar surface area (TPSA) is 66.9 Å². The summed E-state index contributed by atoms with van der Waals surface area (Å²) in [5, 5.41) is 14.9. The molecule has 3 rings (SSSR count). The fourth-order valence-corrected chi connectivity index (χ4v) is 3.42. The number of aryl methyl sites for hydroxylation is 2. The maximum atomic E-state index is 12.2. The fraction of sp³-hybridized carbons (Fsp3) is 0.389. The highest BCUT2D eigenvalue weighted by Gasteiger charge is 2.19. The van der Waals surface area contributed by atoms with Crippen molar-refractivity contribution in [3.05, 3.63) is 46.1 Å². The van der Waals surface area contributed by atoms with Gasteiger partial charge in [-0.25, -0.2) is 0 Å². The number of anilines is 2. The Morgan fingerprint density at radius 2 is 1.92 bits per heavy atom. The Morgan fingerprint density at radius 3 is 2.54 bits per heavy atom. The molecule has 0 radical (unpaired) electrons. The number of hydrogen-bond acceptors (Lipinski definition) is 4. The van der Waals surface area contributed by atoms with Gasteiger partial charge in [0.1, 0.15) is 0 Å². The highest BCUT2D eigenvalue weighted by molar-refractivity contribution is 6.33. The third kappa shape index (κ3) is 3.85. The molecule has 1 heterocycles. The summed E-state index contributed by atoms with van der Waals surface area (Å²) in [6, 6.07) is 7.63. The first-order valence-electron chi connectivity index (χ1n) is 8.21. The highest BCUT2D eigenvalue weighted by atomic mass is 35.5. The van der Waals surface area contributed by atoms with E-state index < -0.39 is 0 Å². The van der Waals surface area contributed by atoms with Crippen LogP contribution in [0.5, 0.6) is 0 Å². The normalized spacial score (nSPS) is 14.6. The van der Waals surface area contributed by atoms with E-state index in [4.69, 9.17) is 11.6 Å². The highest BCUT2D eigenvalue weighted by Crippen LogP contribution is 2.29. The number of rotatable bonds is 4. The lowest BCUT2D eigenvalue weighted by Crippen LogP contribution is -2.33. The number of aromatic nitrogens is 2. The van der Waals surface area contributed by atoms with Gasteiger partial charge in [-0.3, -0.25) is 4.79 Å². The lowest BCUT2D eigenvalue weighted by atomic mass is 10.1. The number of benzene rings is 1. The molecule has 2 aromatic rings. The Bertz CT molecular complexity index is 716. The van der Waals surface area contributed by atoms with Crippen molar-refractivity contribution in [2.45, 2.75) is 45.6 Å². The number of nitrogens with zero attached hydrogens (tertiary/aromatic N) is 2. The Hall–Kier alpha value is -2.14. The lowest BCUT2D eigenvalue weighted by molar-refractivity contribution is 0.0932. The van der Waals surface area contributed by atoms with E-state index >= 15 is 0 Å². The van der Waals surface area contributed by atoms with Gasteiger partial charge in [0, 0.05) is 6.04 Å². The summed E-state index contributed by atoms with van der Waals surface area (Å²) in [7, 11) is 0. The first-order chi connectivity index (χ1) is 11.5. The lowest BCUT2D eigenvalue weighted by Gasteiger charge is -2.13. The molecule has 1 saturated carbocycles. The van der Waals surface area contributed by atoms with Crippen LogP contribution < -0.4 is 10.6 Å². The molecule has 0 atom stereocenters. The third-order valence-electron chi connectivity index (χ3n) is 4.27. The monoisotopic (exact) mass is 344 g/mol. The minimum absolute atomic E-state index is 0.162. The number of carbonyl (C=O) groups excluding carboxylic acids is 1. The molecule has 2 N–H and O–H groups in total. The molecule has 1 amide bonds. The number of carbonyl (C=O) groups is 1. The maximum absolute atomic E-state index is 12.2. The van der Waals surface area contributed by atoms with Gasteiger partial charge in [0.2, 0.25) is 0 Å². The van der Waals surface area contributed by atoms with Gasteiger partial charge in [-0.15, -0.1) is 10.2 Å². The van der Waals surface area contributed by atoms with E-state index in [0.717, 1.165) is 29.7 Å². The van der Waals surface area contributed by atoms with Crippen LogP contribution in [0, 0.1) is 13.8 Å². The molecule has 0 spiro atoms.